The number of imidazole rings is 5. The molecule has 0 unspecified atom stereocenters. The monoisotopic (exact) mass is 1820 g/mol. The van der Waals surface area contributed by atoms with Crippen LogP contribution in [-0.2, 0) is 35.2 Å². The molecule has 0 radical (unpaired) electrons. The van der Waals surface area contributed by atoms with Crippen LogP contribution in [0.1, 0.15) is 288 Å². The molecule has 5 heterocycles. The van der Waals surface area contributed by atoms with Gasteiger partial charge in [0.1, 0.15) is 53.2 Å². The Morgan fingerprint density at radius 1 is 0.226 bits per heavy atom. The highest BCUT2D eigenvalue weighted by Crippen LogP contribution is 2.44. The first kappa shape index (κ1) is 92.7. The molecule has 5 aromatic heterocycles. The van der Waals surface area contributed by atoms with Gasteiger partial charge in [-0.25, -0.2) is 22.8 Å². The van der Waals surface area contributed by atoms with Crippen molar-refractivity contribution in [2.75, 3.05) is 0 Å². The lowest BCUT2D eigenvalue weighted by Crippen LogP contribution is -2.30. The van der Waals surface area contributed by atoms with Crippen LogP contribution < -0.4 is 22.8 Å². The minimum atomic E-state index is -0.900. The Balaban J connectivity index is 0.000000141. The Morgan fingerprint density at radius 3 is 0.796 bits per heavy atom. The van der Waals surface area contributed by atoms with Crippen LogP contribution in [0.15, 0.2) is 310 Å². The van der Waals surface area contributed by atoms with Gasteiger partial charge in [0.2, 0.25) is 0 Å². The number of hydrogen-bond donors (Lipinski definition) is 0. The Morgan fingerprint density at radius 2 is 0.489 bits per heavy atom. The average molecular weight is 1820 g/mol. The van der Waals surface area contributed by atoms with Gasteiger partial charge in [0.05, 0.1) is 63.1 Å². The summed E-state index contributed by atoms with van der Waals surface area (Å²) in [7, 11) is 10.6. The predicted molar refractivity (Wildman–Crippen MR) is 579 cm³/mol. The topological polar surface area (TPSA) is 44.0 Å². The van der Waals surface area contributed by atoms with Crippen molar-refractivity contribution < 1.29 is 29.7 Å². The van der Waals surface area contributed by atoms with E-state index in [1.165, 1.54) is 129 Å². The van der Waals surface area contributed by atoms with E-state index in [-0.39, 0.29) is 0 Å². The molecule has 0 aliphatic carbocycles. The predicted octanol–water partition coefficient (Wildman–Crippen LogP) is 31.1. The molecule has 0 aliphatic rings. The van der Waals surface area contributed by atoms with Crippen molar-refractivity contribution in [2.24, 2.45) is 35.2 Å². The van der Waals surface area contributed by atoms with E-state index in [1.807, 2.05) is 131 Å². The summed E-state index contributed by atoms with van der Waals surface area (Å²) in [5.41, 5.74) is 36.6. The first-order valence-corrected chi connectivity index (χ1v) is 49.2. The molecule has 0 spiro atoms. The summed E-state index contributed by atoms with van der Waals surface area (Å²) in [6.45, 7) is 52.7. The van der Waals surface area contributed by atoms with Gasteiger partial charge in [0.25, 0.3) is 29.1 Å². The van der Waals surface area contributed by atoms with E-state index in [9.17, 15) is 0 Å². The zero-order chi connectivity index (χ0) is 103. The molecule has 13 aromatic carbocycles. The lowest BCUT2D eigenvalue weighted by molar-refractivity contribution is -0.659. The van der Waals surface area contributed by atoms with E-state index in [0.29, 0.717) is 29.6 Å². The quantitative estimate of drug-likeness (QED) is 0.0683. The molecule has 704 valence electrons. The highest BCUT2D eigenvalue weighted by molar-refractivity contribution is 5.84. The normalized spacial score (nSPS) is 12.6. The first-order chi connectivity index (χ1) is 67.0. The van der Waals surface area contributed by atoms with Gasteiger partial charge in [-0.05, 0) is 211 Å². The zero-order valence-electron chi connectivity index (χ0n) is 92.3. The van der Waals surface area contributed by atoms with Crippen LogP contribution in [0, 0.1) is 34.6 Å². The van der Waals surface area contributed by atoms with E-state index in [1.54, 1.807) is 0 Å². The second-order valence-electron chi connectivity index (χ2n) is 40.0. The van der Waals surface area contributed by atoms with Crippen LogP contribution in [0.4, 0.5) is 0 Å². The third-order valence-electron chi connectivity index (χ3n) is 27.2. The van der Waals surface area contributed by atoms with Crippen molar-refractivity contribution in [1.29, 1.82) is 0 Å². The van der Waals surface area contributed by atoms with Crippen molar-refractivity contribution in [3.8, 4) is 85.4 Å². The molecule has 0 saturated carbocycles. The molecular formula is C127H151N10+5. The molecule has 0 fully saturated rings. The molecule has 18 aromatic rings. The fraction of sp³-hybridized carbons (Fsp3) is 0.315. The molecule has 18 rings (SSSR count). The summed E-state index contributed by atoms with van der Waals surface area (Å²) in [5.74, 6) is 3.83. The number of benzene rings is 13. The summed E-state index contributed by atoms with van der Waals surface area (Å²) in [6.07, 6.45) is 8.44. The number of fused-ring (bicyclic) bond motifs is 3. The van der Waals surface area contributed by atoms with Crippen molar-refractivity contribution in [2.45, 2.75) is 232 Å². The van der Waals surface area contributed by atoms with E-state index in [2.05, 4.69) is 433 Å². The molecule has 0 atom stereocenters. The van der Waals surface area contributed by atoms with Crippen LogP contribution in [0.5, 0.6) is 0 Å². The summed E-state index contributed by atoms with van der Waals surface area (Å²) >= 11 is 0. The lowest BCUT2D eigenvalue weighted by atomic mass is 9.87. The van der Waals surface area contributed by atoms with Gasteiger partial charge in [-0.3, -0.25) is 0 Å². The van der Waals surface area contributed by atoms with Crippen LogP contribution in [0.3, 0.4) is 0 Å². The Kier molecular flexibility index (Phi) is 29.1. The minimum Gasteiger partial charge on any atom is -0.232 e. The van der Waals surface area contributed by atoms with Crippen LogP contribution in [0.2, 0.25) is 0 Å². The van der Waals surface area contributed by atoms with E-state index in [0.717, 1.165) is 73.0 Å². The Bertz CT molecular complexity index is 7470. The van der Waals surface area contributed by atoms with Gasteiger partial charge < -0.3 is 0 Å². The third kappa shape index (κ3) is 20.3. The second-order valence-corrected chi connectivity index (χ2v) is 40.0. The fourth-order valence-electron chi connectivity index (χ4n) is 19.7. The maximum Gasteiger partial charge on any atom is 0.295 e. The minimum absolute atomic E-state index is 0.444. The van der Waals surface area contributed by atoms with E-state index >= 15 is 0 Å². The van der Waals surface area contributed by atoms with Gasteiger partial charge in [0.15, 0.2) is 33.1 Å². The Labute approximate surface area is 826 Å². The number of nitrogens with zero attached hydrogens (tertiary/aromatic N) is 10. The van der Waals surface area contributed by atoms with Crippen LogP contribution >= 0.6 is 0 Å². The van der Waals surface area contributed by atoms with Crippen molar-refractivity contribution in [3.63, 3.8) is 0 Å². The standard InChI is InChI=1S/2C27H31N2.2C26H35N2.C21H19N2/c2*1-18(2)21-14-11-15-22(19(3)4)26(21)29-25-17-10-9-16-24(25)28(6)27(29)23-13-8-7-12-20(23)5;2*1-17(2)21-15-23(18(3)4)25(24(16-21)19(5)6)28-14-13-27(8)26(28)22-12-10-9-11-20(22)7;1-16-10-6-7-13-18(16)21-22(2)19-14-8-9-15-20(19)23(21)17-11-4-3-5-12-17/h2*7-19H,1-6H3;2*9-19H,1-8H3;3-15H,1-2H3/q5*+1/i18D,19D;;17D,18D,19D;;. The highest BCUT2D eigenvalue weighted by atomic mass is 15.2. The lowest BCUT2D eigenvalue weighted by Gasteiger charge is -2.21. The molecule has 0 aliphatic heterocycles. The second kappa shape index (κ2) is 42.9. The summed E-state index contributed by atoms with van der Waals surface area (Å²) in [6, 6.07) is 101. The number of rotatable bonds is 20. The SMILES string of the molecule is Cc1ccccc1-c1n(-c2c(C(C)C)cc(C(C)C)cc2C(C)C)cc[n+]1C.Cc1ccccc1-c1n(-c2c(C(C)C)cccc2C(C)C)c2ccccc2[n+]1C.Cc1ccccc1-c1n(-c2ccccc2)c2ccccc2[n+]1C.[2H]C(C)(C)c1cc(C([2H])(C)C)c(-n2cc[n+](C)c2-c2ccccc2C)c(C([2H])(C)C)c1.[2H]C(C)(C)c1cccc(C([2H])(C)C)c1-n1c(-c2ccccc2C)[n+](C)c2ccccc21. The fourth-order valence-corrected chi connectivity index (χ4v) is 19.7. The number of aromatic nitrogens is 10. The van der Waals surface area contributed by atoms with Gasteiger partial charge in [0, 0.05) is 51.4 Å². The van der Waals surface area contributed by atoms with Crippen molar-refractivity contribution >= 4 is 33.1 Å². The average Bonchev–Trinajstić information content (AvgIpc) is 1.53. The summed E-state index contributed by atoms with van der Waals surface area (Å²) in [4.78, 5) is 0. The number of aryl methyl sites for hydroxylation is 10. The van der Waals surface area contributed by atoms with Crippen LogP contribution in [-0.4, -0.2) is 22.8 Å². The van der Waals surface area contributed by atoms with Crippen molar-refractivity contribution in [3.05, 3.63) is 393 Å². The Hall–Kier alpha value is -13.3. The highest BCUT2D eigenvalue weighted by Gasteiger charge is 2.37. The van der Waals surface area contributed by atoms with Gasteiger partial charge in [-0.15, -0.1) is 0 Å². The molecule has 0 amide bonds. The summed E-state index contributed by atoms with van der Waals surface area (Å²) in [5, 5.41) is 0. The zero-order valence-corrected chi connectivity index (χ0v) is 87.3. The smallest absolute Gasteiger partial charge is 0.232 e. The summed E-state index contributed by atoms with van der Waals surface area (Å²) < 4.78 is 67.2. The maximum atomic E-state index is 8.95. The molecule has 0 saturated heterocycles. The number of hydrogen-bond acceptors (Lipinski definition) is 0. The first-order valence-electron chi connectivity index (χ1n) is 51.7. The van der Waals surface area contributed by atoms with E-state index in [4.69, 9.17) is 6.85 Å². The molecular weight excluding hydrogens is 1670 g/mol. The molecule has 0 bridgehead atoms. The van der Waals surface area contributed by atoms with Crippen LogP contribution in [0.25, 0.3) is 118 Å². The third-order valence-corrected chi connectivity index (χ3v) is 27.2. The molecule has 137 heavy (non-hydrogen) atoms. The molecule has 10 heteroatoms. The largest absolute Gasteiger partial charge is 0.295 e. The molecule has 0 N–H and O–H groups in total. The maximum absolute atomic E-state index is 8.95. The van der Waals surface area contributed by atoms with E-state index < -0.39 is 29.5 Å². The number of para-hydroxylation sites is 9. The molecule has 10 nitrogen and oxygen atoms in total. The van der Waals surface area contributed by atoms with Gasteiger partial charge in [-0.2, -0.15) is 22.8 Å². The van der Waals surface area contributed by atoms with Gasteiger partial charge >= 0.3 is 0 Å². The van der Waals surface area contributed by atoms with Gasteiger partial charge in [-0.1, -0.05) is 345 Å². The van der Waals surface area contributed by atoms with Crippen molar-refractivity contribution in [1.82, 2.24) is 22.8 Å².